The SMILES string of the molecule is COc1ccc([C@H]2C[C@H](C(=O)NCc3cccc(C(F)(F)F)c3)CN(C(C)=O)C2)cc1OC. The molecule has 3 rings (SSSR count). The van der Waals surface area contributed by atoms with Crippen molar-refractivity contribution in [3.8, 4) is 11.5 Å². The molecule has 1 N–H and O–H groups in total. The van der Waals surface area contributed by atoms with E-state index in [1.54, 1.807) is 18.1 Å². The number of hydrogen-bond donors (Lipinski definition) is 1. The number of methoxy groups -OCH3 is 2. The summed E-state index contributed by atoms with van der Waals surface area (Å²) in [5, 5.41) is 2.73. The van der Waals surface area contributed by atoms with E-state index < -0.39 is 17.7 Å². The molecule has 1 aliphatic heterocycles. The molecule has 0 aromatic heterocycles. The standard InChI is InChI=1S/C24H27F3N2O4/c1-15(30)29-13-18(17-7-8-21(32-2)22(11-17)33-3)10-19(14-29)23(31)28-12-16-5-4-6-20(9-16)24(25,26)27/h4-9,11,18-19H,10,12-14H2,1-3H3,(H,28,31)/t18-,19-/m0/s1. The van der Waals surface area contributed by atoms with Crippen LogP contribution in [0.1, 0.15) is 36.0 Å². The largest absolute Gasteiger partial charge is 0.493 e. The highest BCUT2D eigenvalue weighted by Gasteiger charge is 2.34. The second-order valence-electron chi connectivity index (χ2n) is 8.08. The van der Waals surface area contributed by atoms with Crippen molar-refractivity contribution in [2.75, 3.05) is 27.3 Å². The van der Waals surface area contributed by atoms with Crippen LogP contribution in [0.2, 0.25) is 0 Å². The first kappa shape index (κ1) is 24.4. The maximum absolute atomic E-state index is 12.9. The third kappa shape index (κ3) is 5.97. The Bertz CT molecular complexity index is 1010. The average molecular weight is 464 g/mol. The zero-order chi connectivity index (χ0) is 24.2. The topological polar surface area (TPSA) is 67.9 Å². The fourth-order valence-electron chi connectivity index (χ4n) is 4.09. The number of likely N-dealkylation sites (tertiary alicyclic amines) is 1. The van der Waals surface area contributed by atoms with Crippen LogP contribution >= 0.6 is 0 Å². The smallest absolute Gasteiger partial charge is 0.416 e. The normalized spacial score (nSPS) is 18.5. The Morgan fingerprint density at radius 2 is 1.79 bits per heavy atom. The van der Waals surface area contributed by atoms with Crippen molar-refractivity contribution < 1.29 is 32.2 Å². The lowest BCUT2D eigenvalue weighted by molar-refractivity contribution is -0.137. The van der Waals surface area contributed by atoms with Gasteiger partial charge in [0.2, 0.25) is 11.8 Å². The predicted molar refractivity (Wildman–Crippen MR) is 116 cm³/mol. The van der Waals surface area contributed by atoms with E-state index in [0.29, 0.717) is 30.0 Å². The number of ether oxygens (including phenoxy) is 2. The summed E-state index contributed by atoms with van der Waals surface area (Å²) >= 11 is 0. The summed E-state index contributed by atoms with van der Waals surface area (Å²) in [6, 6.07) is 10.4. The van der Waals surface area contributed by atoms with E-state index in [0.717, 1.165) is 17.7 Å². The Kier molecular flexibility index (Phi) is 7.50. The molecule has 0 bridgehead atoms. The van der Waals surface area contributed by atoms with Gasteiger partial charge in [-0.05, 0) is 41.8 Å². The van der Waals surface area contributed by atoms with E-state index in [2.05, 4.69) is 5.32 Å². The van der Waals surface area contributed by atoms with Crippen LogP contribution in [0.4, 0.5) is 13.2 Å². The number of hydrogen-bond acceptors (Lipinski definition) is 4. The van der Waals surface area contributed by atoms with Gasteiger partial charge in [0.05, 0.1) is 25.7 Å². The van der Waals surface area contributed by atoms with E-state index in [4.69, 9.17) is 9.47 Å². The number of benzene rings is 2. The minimum absolute atomic E-state index is 0.0274. The van der Waals surface area contributed by atoms with Gasteiger partial charge in [0.25, 0.3) is 0 Å². The molecule has 0 saturated carbocycles. The number of halogens is 3. The predicted octanol–water partition coefficient (Wildman–Crippen LogP) is 3.99. The van der Waals surface area contributed by atoms with Gasteiger partial charge in [-0.15, -0.1) is 0 Å². The highest BCUT2D eigenvalue weighted by Crippen LogP contribution is 2.36. The lowest BCUT2D eigenvalue weighted by atomic mass is 9.83. The number of carbonyl (C=O) groups excluding carboxylic acids is 2. The maximum atomic E-state index is 12.9. The molecule has 33 heavy (non-hydrogen) atoms. The first-order valence-electron chi connectivity index (χ1n) is 10.5. The van der Waals surface area contributed by atoms with E-state index in [-0.39, 0.29) is 30.8 Å². The van der Waals surface area contributed by atoms with Crippen molar-refractivity contribution in [2.45, 2.75) is 32.0 Å². The monoisotopic (exact) mass is 464 g/mol. The molecule has 2 atom stereocenters. The molecule has 1 saturated heterocycles. The Labute approximate surface area is 190 Å². The van der Waals surface area contributed by atoms with Gasteiger partial charge >= 0.3 is 6.18 Å². The van der Waals surface area contributed by atoms with Gasteiger partial charge in [-0.3, -0.25) is 9.59 Å². The van der Waals surface area contributed by atoms with E-state index >= 15 is 0 Å². The number of nitrogens with zero attached hydrogens (tertiary/aromatic N) is 1. The molecule has 2 aromatic rings. The molecule has 178 valence electrons. The lowest BCUT2D eigenvalue weighted by Gasteiger charge is -2.37. The van der Waals surface area contributed by atoms with Gasteiger partial charge in [0.1, 0.15) is 0 Å². The second-order valence-corrected chi connectivity index (χ2v) is 8.08. The number of nitrogens with one attached hydrogen (secondary N) is 1. The number of alkyl halides is 3. The van der Waals surface area contributed by atoms with Crippen LogP contribution in [0.15, 0.2) is 42.5 Å². The van der Waals surface area contributed by atoms with Gasteiger partial charge in [-0.2, -0.15) is 13.2 Å². The minimum Gasteiger partial charge on any atom is -0.493 e. The van der Waals surface area contributed by atoms with Crippen LogP contribution in [-0.4, -0.2) is 44.0 Å². The van der Waals surface area contributed by atoms with Gasteiger partial charge < -0.3 is 19.7 Å². The molecule has 9 heteroatoms. The molecule has 6 nitrogen and oxygen atoms in total. The molecule has 1 heterocycles. The molecule has 0 spiro atoms. The molecule has 0 aliphatic carbocycles. The van der Waals surface area contributed by atoms with E-state index in [1.807, 2.05) is 12.1 Å². The van der Waals surface area contributed by atoms with E-state index in [9.17, 15) is 22.8 Å². The highest BCUT2D eigenvalue weighted by atomic mass is 19.4. The molecule has 2 aromatic carbocycles. The molecular formula is C24H27F3N2O4. The first-order chi connectivity index (χ1) is 15.6. The van der Waals surface area contributed by atoms with Crippen LogP contribution in [0.25, 0.3) is 0 Å². The van der Waals surface area contributed by atoms with E-state index in [1.165, 1.54) is 26.2 Å². The number of rotatable bonds is 6. The Hall–Kier alpha value is -3.23. The average Bonchev–Trinajstić information content (AvgIpc) is 2.81. The number of piperidine rings is 1. The van der Waals surface area contributed by atoms with Crippen LogP contribution in [0.3, 0.4) is 0 Å². The molecule has 0 unspecified atom stereocenters. The van der Waals surface area contributed by atoms with Gasteiger partial charge in [0, 0.05) is 32.5 Å². The fraction of sp³-hybridized carbons (Fsp3) is 0.417. The summed E-state index contributed by atoms with van der Waals surface area (Å²) in [5.74, 6) is 0.0920. The van der Waals surface area contributed by atoms with Crippen LogP contribution in [0, 0.1) is 5.92 Å². The molecular weight excluding hydrogens is 437 g/mol. The summed E-state index contributed by atoms with van der Waals surface area (Å²) in [7, 11) is 3.08. The zero-order valence-electron chi connectivity index (χ0n) is 18.7. The molecule has 1 aliphatic rings. The van der Waals surface area contributed by atoms with Crippen molar-refractivity contribution in [1.82, 2.24) is 10.2 Å². The Morgan fingerprint density at radius 1 is 1.06 bits per heavy atom. The van der Waals surface area contributed by atoms with Crippen LogP contribution < -0.4 is 14.8 Å². The lowest BCUT2D eigenvalue weighted by Crippen LogP contribution is -2.47. The number of amides is 2. The van der Waals surface area contributed by atoms with Crippen molar-refractivity contribution in [3.05, 3.63) is 59.2 Å². The fourth-order valence-corrected chi connectivity index (χ4v) is 4.09. The maximum Gasteiger partial charge on any atom is 0.416 e. The van der Waals surface area contributed by atoms with Gasteiger partial charge in [0.15, 0.2) is 11.5 Å². The molecule has 1 fully saturated rings. The summed E-state index contributed by atoms with van der Waals surface area (Å²) in [5.41, 5.74) is 0.506. The van der Waals surface area contributed by atoms with Crippen LogP contribution in [0.5, 0.6) is 11.5 Å². The van der Waals surface area contributed by atoms with Gasteiger partial charge in [-0.25, -0.2) is 0 Å². The summed E-state index contributed by atoms with van der Waals surface area (Å²) < 4.78 is 49.5. The quantitative estimate of drug-likeness (QED) is 0.702. The zero-order valence-corrected chi connectivity index (χ0v) is 18.7. The first-order valence-corrected chi connectivity index (χ1v) is 10.5. The second kappa shape index (κ2) is 10.1. The van der Waals surface area contributed by atoms with Crippen molar-refractivity contribution in [1.29, 1.82) is 0 Å². The van der Waals surface area contributed by atoms with Crippen molar-refractivity contribution >= 4 is 11.8 Å². The van der Waals surface area contributed by atoms with Crippen LogP contribution in [-0.2, 0) is 22.3 Å². The molecule has 0 radical (unpaired) electrons. The van der Waals surface area contributed by atoms with Gasteiger partial charge in [-0.1, -0.05) is 18.2 Å². The van der Waals surface area contributed by atoms with Crippen molar-refractivity contribution in [2.24, 2.45) is 5.92 Å². The summed E-state index contributed by atoms with van der Waals surface area (Å²) in [6.45, 7) is 2.14. The summed E-state index contributed by atoms with van der Waals surface area (Å²) in [4.78, 5) is 26.7. The highest BCUT2D eigenvalue weighted by molar-refractivity contribution is 5.81. The number of carbonyl (C=O) groups is 2. The molecule has 2 amide bonds. The third-order valence-electron chi connectivity index (χ3n) is 5.87. The summed E-state index contributed by atoms with van der Waals surface area (Å²) in [6.07, 6.45) is -3.95. The third-order valence-corrected chi connectivity index (χ3v) is 5.87. The Balaban J connectivity index is 1.74. The minimum atomic E-state index is -4.45. The Morgan fingerprint density at radius 3 is 2.42 bits per heavy atom. The van der Waals surface area contributed by atoms with Crippen molar-refractivity contribution in [3.63, 3.8) is 0 Å².